The van der Waals surface area contributed by atoms with Crippen LogP contribution in [0, 0.1) is 17.2 Å². The van der Waals surface area contributed by atoms with Gasteiger partial charge in [0.15, 0.2) is 11.6 Å². The summed E-state index contributed by atoms with van der Waals surface area (Å²) in [6, 6.07) is 0.332. The Hall–Kier alpha value is -4.17. The molecule has 3 aliphatic rings. The Balaban J connectivity index is 1.53. The van der Waals surface area contributed by atoms with Crippen LogP contribution in [0.5, 0.6) is 5.75 Å². The molecule has 4 atom stereocenters. The van der Waals surface area contributed by atoms with Crippen LogP contribution in [0.25, 0.3) is 0 Å². The first kappa shape index (κ1) is 31.8. The molecule has 11 nitrogen and oxygen atoms in total. The van der Waals surface area contributed by atoms with E-state index >= 15 is 0 Å². The molecular formula is C25H25F7N6O5. The highest BCUT2D eigenvalue weighted by atomic mass is 19.4. The van der Waals surface area contributed by atoms with Gasteiger partial charge in [-0.05, 0) is 31.4 Å². The molecule has 2 aliphatic heterocycles. The van der Waals surface area contributed by atoms with Gasteiger partial charge < -0.3 is 25.2 Å². The number of nitrogens with zero attached hydrogens (tertiary/aromatic N) is 4. The highest BCUT2D eigenvalue weighted by Crippen LogP contribution is 2.46. The second kappa shape index (κ2) is 10.8. The van der Waals surface area contributed by atoms with E-state index in [1.165, 1.54) is 23.6 Å². The van der Waals surface area contributed by atoms with E-state index in [-0.39, 0.29) is 30.3 Å². The fraction of sp³-hybridized carbons (Fsp3) is 0.600. The third-order valence-electron chi connectivity index (χ3n) is 7.59. The number of pyridine rings is 1. The minimum atomic E-state index is -6.76. The number of hydrogen-bond donors (Lipinski definition) is 2. The summed E-state index contributed by atoms with van der Waals surface area (Å²) in [5, 5.41) is 13.5. The van der Waals surface area contributed by atoms with Crippen molar-refractivity contribution < 1.29 is 54.6 Å². The fourth-order valence-electron chi connectivity index (χ4n) is 4.92. The van der Waals surface area contributed by atoms with Crippen molar-refractivity contribution in [3.05, 3.63) is 18.3 Å². The number of alkyl halides is 7. The predicted octanol–water partition coefficient (Wildman–Crippen LogP) is 2.24. The van der Waals surface area contributed by atoms with Crippen LogP contribution in [0.15, 0.2) is 18.3 Å². The van der Waals surface area contributed by atoms with Crippen molar-refractivity contribution in [1.82, 2.24) is 20.1 Å². The third-order valence-corrected chi connectivity index (χ3v) is 7.59. The summed E-state index contributed by atoms with van der Waals surface area (Å²) in [7, 11) is 1.05. The lowest BCUT2D eigenvalue weighted by molar-refractivity contribution is -0.344. The molecule has 3 heterocycles. The summed E-state index contributed by atoms with van der Waals surface area (Å²) in [4.78, 5) is 57.4. The number of fused-ring (bicyclic) bond motifs is 1. The van der Waals surface area contributed by atoms with Crippen LogP contribution >= 0.6 is 0 Å². The van der Waals surface area contributed by atoms with Gasteiger partial charge in [-0.15, -0.1) is 0 Å². The second-order valence-corrected chi connectivity index (χ2v) is 10.7. The first-order chi connectivity index (χ1) is 19.9. The van der Waals surface area contributed by atoms with Crippen molar-refractivity contribution in [2.45, 2.75) is 74.4 Å². The summed E-state index contributed by atoms with van der Waals surface area (Å²) >= 11 is 0. The van der Waals surface area contributed by atoms with Gasteiger partial charge in [0.1, 0.15) is 18.1 Å². The number of rotatable bonds is 8. The molecule has 18 heteroatoms. The number of nitriles is 1. The molecule has 0 bridgehead atoms. The maximum absolute atomic E-state index is 13.8. The lowest BCUT2D eigenvalue weighted by atomic mass is 9.97. The molecule has 4 rings (SSSR count). The van der Waals surface area contributed by atoms with Crippen molar-refractivity contribution in [2.24, 2.45) is 5.92 Å². The molecule has 1 saturated heterocycles. The van der Waals surface area contributed by atoms with Crippen molar-refractivity contribution in [3.8, 4) is 11.8 Å². The molecule has 1 aliphatic carbocycles. The Bertz CT molecular complexity index is 1360. The van der Waals surface area contributed by atoms with Crippen LogP contribution in [0.4, 0.5) is 36.6 Å². The van der Waals surface area contributed by atoms with Gasteiger partial charge in [-0.1, -0.05) is 12.8 Å². The number of hydrogen-bond acceptors (Lipinski definition) is 7. The molecule has 0 aromatic carbocycles. The zero-order valence-corrected chi connectivity index (χ0v) is 22.6. The summed E-state index contributed by atoms with van der Waals surface area (Å²) in [6.45, 7) is 0.351. The van der Waals surface area contributed by atoms with E-state index in [4.69, 9.17) is 4.74 Å². The number of likely N-dealkylation sites (tertiary alicyclic amines) is 1. The number of amides is 4. The highest BCUT2D eigenvalue weighted by molar-refractivity contribution is 6.01. The van der Waals surface area contributed by atoms with E-state index in [9.17, 15) is 55.2 Å². The summed E-state index contributed by atoms with van der Waals surface area (Å²) in [6.07, 6.45) is -4.26. The fourth-order valence-corrected chi connectivity index (χ4v) is 4.92. The molecule has 1 saturated carbocycles. The van der Waals surface area contributed by atoms with Gasteiger partial charge in [0, 0.05) is 19.7 Å². The van der Waals surface area contributed by atoms with E-state index in [2.05, 4.69) is 10.3 Å². The highest BCUT2D eigenvalue weighted by Gasteiger charge is 2.76. The normalized spacial score (nSPS) is 23.4. The Morgan fingerprint density at radius 2 is 1.91 bits per heavy atom. The SMILES string of the molecule is C[C@H](NC(=O)C(F)(F)C(F)(F)C(F)(F)F)C(=O)N(C)[C@@H](CC1CC1)C(=O)N1C[C@@]2(C[C@H]1C#N)Oc1cccnc1NC2=O. The predicted molar refractivity (Wildman–Crippen MR) is 129 cm³/mol. The van der Waals surface area contributed by atoms with Crippen LogP contribution in [0.2, 0.25) is 0 Å². The molecule has 0 radical (unpaired) electrons. The molecule has 4 amide bonds. The van der Waals surface area contributed by atoms with Crippen molar-refractivity contribution in [3.63, 3.8) is 0 Å². The molecule has 2 N–H and O–H groups in total. The minimum absolute atomic E-state index is 0.0193. The van der Waals surface area contributed by atoms with Crippen LogP contribution < -0.4 is 15.4 Å². The van der Waals surface area contributed by atoms with Gasteiger partial charge in [0.05, 0.1) is 12.6 Å². The van der Waals surface area contributed by atoms with E-state index in [1.54, 1.807) is 0 Å². The maximum atomic E-state index is 13.8. The van der Waals surface area contributed by atoms with Crippen LogP contribution in [-0.4, -0.2) is 93.8 Å². The topological polar surface area (TPSA) is 145 Å². The first-order valence-electron chi connectivity index (χ1n) is 12.9. The minimum Gasteiger partial charge on any atom is -0.472 e. The molecular weight excluding hydrogens is 597 g/mol. The molecule has 1 aromatic rings. The standard InChI is InChI=1S/C25H25F7N6O5/c1-12(35-21(42)23(26,27)24(28,29)25(30,31)32)18(39)37(2)15(8-13-5-6-13)19(40)38-11-22(9-14(38)10-33)20(41)36-17-16(43-22)4-3-7-34-17/h3-4,7,12-15H,5-6,8-9,11H2,1-2H3,(H,35,42)(H,34,36,41)/t12-,14-,15-,22+/m0/s1. The zero-order chi connectivity index (χ0) is 32.1. The number of carbonyl (C=O) groups excluding carboxylic acids is 4. The average molecular weight is 622 g/mol. The number of aromatic nitrogens is 1. The van der Waals surface area contributed by atoms with Gasteiger partial charge in [0.2, 0.25) is 17.4 Å². The van der Waals surface area contributed by atoms with Crippen LogP contribution in [0.1, 0.15) is 32.6 Å². The first-order valence-corrected chi connectivity index (χ1v) is 12.9. The van der Waals surface area contributed by atoms with Crippen molar-refractivity contribution in [2.75, 3.05) is 18.9 Å². The lowest BCUT2D eigenvalue weighted by Gasteiger charge is -2.35. The second-order valence-electron chi connectivity index (χ2n) is 10.7. The van der Waals surface area contributed by atoms with Gasteiger partial charge in [0.25, 0.3) is 11.8 Å². The van der Waals surface area contributed by atoms with Gasteiger partial charge in [-0.3, -0.25) is 19.2 Å². The number of ether oxygens (including phenoxy) is 1. The van der Waals surface area contributed by atoms with E-state index in [1.807, 2.05) is 6.07 Å². The van der Waals surface area contributed by atoms with Crippen molar-refractivity contribution in [1.29, 1.82) is 5.26 Å². The molecule has 234 valence electrons. The number of likely N-dealkylation sites (N-methyl/N-ethyl adjacent to an activating group) is 1. The molecule has 2 fully saturated rings. The maximum Gasteiger partial charge on any atom is 0.460 e. The Kier molecular flexibility index (Phi) is 8.00. The zero-order valence-electron chi connectivity index (χ0n) is 22.6. The summed E-state index contributed by atoms with van der Waals surface area (Å²) < 4.78 is 97.6. The van der Waals surface area contributed by atoms with Gasteiger partial charge in [-0.2, -0.15) is 36.0 Å². The number of carbonyl (C=O) groups is 4. The quantitative estimate of drug-likeness (QED) is 0.423. The lowest BCUT2D eigenvalue weighted by Crippen LogP contribution is -2.62. The van der Waals surface area contributed by atoms with Crippen LogP contribution in [0.3, 0.4) is 0 Å². The Labute approximate surface area is 239 Å². The summed E-state index contributed by atoms with van der Waals surface area (Å²) in [5.74, 6) is -18.5. The largest absolute Gasteiger partial charge is 0.472 e. The third kappa shape index (κ3) is 5.64. The number of nitrogens with one attached hydrogen (secondary N) is 2. The van der Waals surface area contributed by atoms with Crippen LogP contribution in [-0.2, 0) is 19.2 Å². The monoisotopic (exact) mass is 622 g/mol. The van der Waals surface area contributed by atoms with E-state index in [0.717, 1.165) is 23.8 Å². The Morgan fingerprint density at radius 1 is 1.26 bits per heavy atom. The summed E-state index contributed by atoms with van der Waals surface area (Å²) in [5.41, 5.74) is -1.69. The molecule has 43 heavy (non-hydrogen) atoms. The van der Waals surface area contributed by atoms with Gasteiger partial charge >= 0.3 is 18.0 Å². The molecule has 1 aromatic heterocycles. The number of anilines is 1. The van der Waals surface area contributed by atoms with E-state index < -0.39 is 71.9 Å². The smallest absolute Gasteiger partial charge is 0.460 e. The molecule has 1 spiro atoms. The van der Waals surface area contributed by atoms with Gasteiger partial charge in [-0.25, -0.2) is 4.98 Å². The number of halogens is 7. The van der Waals surface area contributed by atoms with E-state index in [0.29, 0.717) is 12.8 Å². The van der Waals surface area contributed by atoms with Crippen molar-refractivity contribution >= 4 is 29.4 Å². The Morgan fingerprint density at radius 3 is 2.49 bits per heavy atom. The average Bonchev–Trinajstić information content (AvgIpc) is 3.69. The molecule has 0 unspecified atom stereocenters.